The van der Waals surface area contributed by atoms with E-state index in [9.17, 15) is 0 Å². The molecule has 0 aromatic heterocycles. The molecule has 5 heteroatoms. The Kier molecular flexibility index (Phi) is 1.43. The lowest BCUT2D eigenvalue weighted by molar-refractivity contribution is 0.359. The number of hydrogen-bond acceptors (Lipinski definition) is 4. The van der Waals surface area contributed by atoms with Gasteiger partial charge in [0.1, 0.15) is 12.0 Å². The molecule has 2 heterocycles. The van der Waals surface area contributed by atoms with E-state index in [0.717, 1.165) is 5.69 Å². The van der Waals surface area contributed by atoms with Gasteiger partial charge in [-0.3, -0.25) is 0 Å². The molecule has 0 N–H and O–H groups in total. The van der Waals surface area contributed by atoms with Gasteiger partial charge in [-0.15, -0.1) is 0 Å². The molecule has 0 spiro atoms. The Morgan fingerprint density at radius 3 is 3.00 bits per heavy atom. The molecule has 62 valence electrons. The van der Waals surface area contributed by atoms with Crippen molar-refractivity contribution in [2.45, 2.75) is 0 Å². The van der Waals surface area contributed by atoms with Crippen LogP contribution in [0.3, 0.4) is 0 Å². The van der Waals surface area contributed by atoms with Gasteiger partial charge in [-0.1, -0.05) is 0 Å². The molecule has 5 nitrogen and oxygen atoms in total. The summed E-state index contributed by atoms with van der Waals surface area (Å²) >= 11 is 0. The predicted octanol–water partition coefficient (Wildman–Crippen LogP) is 0.323. The topological polar surface area (TPSA) is 52.8 Å². The van der Waals surface area contributed by atoms with Crippen LogP contribution in [0, 0.1) is 0 Å². The summed E-state index contributed by atoms with van der Waals surface area (Å²) in [5.41, 5.74) is 0.776. The Bertz CT molecular complexity index is 370. The van der Waals surface area contributed by atoms with Crippen LogP contribution in [0.2, 0.25) is 0 Å². The van der Waals surface area contributed by atoms with Crippen molar-refractivity contribution in [2.24, 2.45) is 7.05 Å². The molecule has 0 aromatic carbocycles. The fourth-order valence-corrected chi connectivity index (χ4v) is 1.04. The highest BCUT2D eigenvalue weighted by Crippen LogP contribution is 2.16. The molecular weight excluding hydrogens is 156 g/mol. The molecule has 0 saturated carbocycles. The zero-order chi connectivity index (χ0) is 8.55. The molecule has 2 aliphatic rings. The number of aromatic nitrogens is 4. The van der Waals surface area contributed by atoms with Gasteiger partial charge in [-0.25, -0.2) is 9.97 Å². The smallest absolute Gasteiger partial charge is 0.297 e. The number of hydrogen-bond donors (Lipinski definition) is 0. The van der Waals surface area contributed by atoms with Crippen molar-refractivity contribution < 1.29 is 4.74 Å². The molecule has 0 bridgehead atoms. The van der Waals surface area contributed by atoms with Crippen molar-refractivity contribution in [2.75, 3.05) is 7.11 Å². The van der Waals surface area contributed by atoms with Crippen molar-refractivity contribution in [3.8, 4) is 17.5 Å². The van der Waals surface area contributed by atoms with E-state index in [4.69, 9.17) is 4.74 Å². The molecule has 0 atom stereocenters. The third-order valence-electron chi connectivity index (χ3n) is 1.61. The van der Waals surface area contributed by atoms with Crippen molar-refractivity contribution >= 4 is 0 Å². The molecule has 0 aliphatic carbocycles. The molecular formula is C7H8N4O. The molecule has 2 rings (SSSR count). The van der Waals surface area contributed by atoms with Crippen molar-refractivity contribution in [3.63, 3.8) is 0 Å². The van der Waals surface area contributed by atoms with Gasteiger partial charge in [-0.05, 0) is 0 Å². The van der Waals surface area contributed by atoms with E-state index in [-0.39, 0.29) is 0 Å². The maximum Gasteiger partial charge on any atom is 0.297 e. The molecule has 2 aliphatic heterocycles. The van der Waals surface area contributed by atoms with Crippen LogP contribution in [-0.4, -0.2) is 26.6 Å². The minimum atomic E-state index is 0.531. The average molecular weight is 164 g/mol. The predicted molar refractivity (Wildman–Crippen MR) is 42.0 cm³/mol. The number of nitrogens with zero attached hydrogens (tertiary/aromatic N) is 4. The first-order valence-electron chi connectivity index (χ1n) is 3.49. The van der Waals surface area contributed by atoms with Crippen molar-refractivity contribution in [1.29, 1.82) is 0 Å². The minimum absolute atomic E-state index is 0.531. The molecule has 0 fully saturated rings. The summed E-state index contributed by atoms with van der Waals surface area (Å²) in [5, 5.41) is 0. The number of fused-ring (bicyclic) bond motifs is 1. The Morgan fingerprint density at radius 1 is 1.42 bits per heavy atom. The largest absolute Gasteiger partial charge is 0.468 e. The van der Waals surface area contributed by atoms with Crippen LogP contribution in [-0.2, 0) is 7.05 Å². The van der Waals surface area contributed by atoms with Crippen molar-refractivity contribution in [3.05, 3.63) is 12.5 Å². The van der Waals surface area contributed by atoms with Crippen LogP contribution >= 0.6 is 0 Å². The van der Waals surface area contributed by atoms with Crippen LogP contribution in [0.5, 0.6) is 6.01 Å². The Labute approximate surface area is 69.4 Å². The maximum atomic E-state index is 5.01. The van der Waals surface area contributed by atoms with E-state index in [1.165, 1.54) is 6.33 Å². The molecule has 0 aromatic rings. The monoisotopic (exact) mass is 164 g/mol. The first-order chi connectivity index (χ1) is 5.81. The molecule has 0 unspecified atom stereocenters. The standard InChI is InChI=1S/C7H8N4O/c1-11-3-5-6(9-4-8-5)10-7(11)12-2/h3-4H,1-2H3. The van der Waals surface area contributed by atoms with E-state index in [0.29, 0.717) is 11.8 Å². The molecule has 0 radical (unpaired) electrons. The lowest BCUT2D eigenvalue weighted by atomic mass is 10.4. The maximum absolute atomic E-state index is 5.01. The second-order valence-electron chi connectivity index (χ2n) is 2.42. The summed E-state index contributed by atoms with van der Waals surface area (Å²) in [6.07, 6.45) is 3.31. The van der Waals surface area contributed by atoms with Crippen LogP contribution < -0.4 is 4.74 Å². The summed E-state index contributed by atoms with van der Waals surface area (Å²) in [4.78, 5) is 12.1. The fraction of sp³-hybridized carbons (Fsp3) is 0.286. The van der Waals surface area contributed by atoms with Crippen LogP contribution in [0.25, 0.3) is 11.5 Å². The number of methoxy groups -OCH3 is 1. The van der Waals surface area contributed by atoms with Gasteiger partial charge >= 0.3 is 0 Å². The van der Waals surface area contributed by atoms with E-state index < -0.39 is 0 Å². The van der Waals surface area contributed by atoms with Gasteiger partial charge in [0, 0.05) is 13.2 Å². The highest BCUT2D eigenvalue weighted by Gasteiger charge is 2.10. The normalized spacial score (nSPS) is 10.5. The van der Waals surface area contributed by atoms with E-state index >= 15 is 0 Å². The van der Waals surface area contributed by atoms with Gasteiger partial charge in [0.25, 0.3) is 6.01 Å². The third kappa shape index (κ3) is 0.903. The zero-order valence-corrected chi connectivity index (χ0v) is 6.85. The lowest BCUT2D eigenvalue weighted by Gasteiger charge is -2.06. The van der Waals surface area contributed by atoms with E-state index in [1.807, 2.05) is 13.2 Å². The van der Waals surface area contributed by atoms with Gasteiger partial charge in [0.2, 0.25) is 0 Å². The van der Waals surface area contributed by atoms with Gasteiger partial charge in [0.15, 0.2) is 5.82 Å². The second kappa shape index (κ2) is 2.44. The van der Waals surface area contributed by atoms with Gasteiger partial charge < -0.3 is 9.30 Å². The SMILES string of the molecule is COc1nc2ncnc-2cn1C. The van der Waals surface area contributed by atoms with Gasteiger partial charge in [-0.2, -0.15) is 4.98 Å². The lowest BCUT2D eigenvalue weighted by Crippen LogP contribution is -2.02. The number of imidazole rings is 1. The summed E-state index contributed by atoms with van der Waals surface area (Å²) in [5.74, 6) is 0.616. The van der Waals surface area contributed by atoms with Crippen LogP contribution in [0.4, 0.5) is 0 Å². The number of rotatable bonds is 1. The summed E-state index contributed by atoms with van der Waals surface area (Å²) in [6, 6.07) is 0.531. The minimum Gasteiger partial charge on any atom is -0.468 e. The van der Waals surface area contributed by atoms with Crippen LogP contribution in [0.1, 0.15) is 0 Å². The highest BCUT2D eigenvalue weighted by atomic mass is 16.5. The first kappa shape index (κ1) is 7.02. The molecule has 0 saturated heterocycles. The van der Waals surface area contributed by atoms with Crippen molar-refractivity contribution in [1.82, 2.24) is 19.5 Å². The summed E-state index contributed by atoms with van der Waals surface area (Å²) in [6.45, 7) is 0. The van der Waals surface area contributed by atoms with Crippen LogP contribution in [0.15, 0.2) is 12.5 Å². The molecule has 0 amide bonds. The average Bonchev–Trinajstić information content (AvgIpc) is 2.49. The summed E-state index contributed by atoms with van der Waals surface area (Å²) in [7, 11) is 3.42. The quantitative estimate of drug-likeness (QED) is 0.609. The zero-order valence-electron chi connectivity index (χ0n) is 6.85. The first-order valence-corrected chi connectivity index (χ1v) is 3.49. The number of ether oxygens (including phenoxy) is 1. The van der Waals surface area contributed by atoms with E-state index in [2.05, 4.69) is 15.0 Å². The Hall–Kier alpha value is -1.65. The van der Waals surface area contributed by atoms with E-state index in [1.54, 1.807) is 11.7 Å². The molecule has 12 heavy (non-hydrogen) atoms. The Balaban J connectivity index is 2.67. The van der Waals surface area contributed by atoms with Gasteiger partial charge in [0.05, 0.1) is 7.11 Å². The number of aryl methyl sites for hydroxylation is 1. The third-order valence-corrected chi connectivity index (χ3v) is 1.61. The Morgan fingerprint density at radius 2 is 2.25 bits per heavy atom. The fourth-order valence-electron chi connectivity index (χ4n) is 1.04. The second-order valence-corrected chi connectivity index (χ2v) is 2.42. The summed E-state index contributed by atoms with van der Waals surface area (Å²) < 4.78 is 6.77. The highest BCUT2D eigenvalue weighted by molar-refractivity contribution is 5.49.